The smallest absolute Gasteiger partial charge is 0.338 e. The lowest BCUT2D eigenvalue weighted by Gasteiger charge is -2.16. The van der Waals surface area contributed by atoms with Crippen molar-refractivity contribution in [3.05, 3.63) is 83.0 Å². The molecule has 0 bridgehead atoms. The summed E-state index contributed by atoms with van der Waals surface area (Å²) in [5.74, 6) is -1.68. The van der Waals surface area contributed by atoms with Crippen molar-refractivity contribution in [1.29, 1.82) is 0 Å². The van der Waals surface area contributed by atoms with Crippen molar-refractivity contribution < 1.29 is 19.1 Å². The average molecular weight is 435 g/mol. The van der Waals surface area contributed by atoms with Crippen molar-refractivity contribution in [2.75, 3.05) is 10.2 Å². The first-order chi connectivity index (χ1) is 14.9. The quantitative estimate of drug-likeness (QED) is 0.459. The Hall–Kier alpha value is -3.64. The van der Waals surface area contributed by atoms with Crippen LogP contribution in [0.4, 0.5) is 11.4 Å². The van der Waals surface area contributed by atoms with Crippen molar-refractivity contribution in [2.45, 2.75) is 20.0 Å². The van der Waals surface area contributed by atoms with E-state index in [9.17, 15) is 14.4 Å². The zero-order valence-electron chi connectivity index (χ0n) is 16.9. The van der Waals surface area contributed by atoms with Crippen LogP contribution in [0, 0.1) is 0 Å². The molecule has 0 spiro atoms. The first-order valence-corrected chi connectivity index (χ1v) is 10.1. The molecule has 3 aromatic rings. The molecule has 156 valence electrons. The molecule has 7 heteroatoms. The van der Waals surface area contributed by atoms with Crippen LogP contribution in [0.15, 0.2) is 77.5 Å². The van der Waals surface area contributed by atoms with Crippen LogP contribution in [0.3, 0.4) is 0 Å². The molecule has 0 aliphatic carbocycles. The number of carbonyl (C=O) groups is 3. The number of esters is 1. The van der Waals surface area contributed by atoms with Crippen LogP contribution in [-0.4, -0.2) is 23.9 Å². The first kappa shape index (κ1) is 20.6. The summed E-state index contributed by atoms with van der Waals surface area (Å²) in [6, 6.07) is 19.3. The number of carbonyl (C=O) groups excluding carboxylic acids is 3. The lowest BCUT2D eigenvalue weighted by atomic mass is 10.1. The Morgan fingerprint density at radius 3 is 2.32 bits per heavy atom. The minimum absolute atomic E-state index is 0.00585. The van der Waals surface area contributed by atoms with E-state index in [1.165, 1.54) is 24.3 Å². The van der Waals surface area contributed by atoms with Crippen LogP contribution in [0.1, 0.15) is 24.2 Å². The average Bonchev–Trinajstić information content (AvgIpc) is 2.97. The van der Waals surface area contributed by atoms with Crippen molar-refractivity contribution in [2.24, 2.45) is 0 Å². The number of nitrogens with one attached hydrogen (secondary N) is 1. The summed E-state index contributed by atoms with van der Waals surface area (Å²) in [5, 5.41) is 4.72. The highest BCUT2D eigenvalue weighted by molar-refractivity contribution is 6.53. The van der Waals surface area contributed by atoms with Gasteiger partial charge in [0.15, 0.2) is 0 Å². The standard InChI is InChI=1S/C24H19ClN2O4/c1-14(2)31-24(30)16-10-12-17(13-11-16)27-22(28)20(25)21(23(27)29)26-19-9-5-7-15-6-3-4-8-18(15)19/h3-14,26H,1-2H3. The Bertz CT molecular complexity index is 1230. The van der Waals surface area contributed by atoms with Gasteiger partial charge < -0.3 is 10.1 Å². The van der Waals surface area contributed by atoms with Crippen molar-refractivity contribution in [3.63, 3.8) is 0 Å². The summed E-state index contributed by atoms with van der Waals surface area (Å²) in [7, 11) is 0. The highest BCUT2D eigenvalue weighted by Crippen LogP contribution is 2.32. The number of ether oxygens (including phenoxy) is 1. The van der Waals surface area contributed by atoms with E-state index in [1.807, 2.05) is 42.5 Å². The fourth-order valence-corrected chi connectivity index (χ4v) is 3.56. The maximum Gasteiger partial charge on any atom is 0.338 e. The lowest BCUT2D eigenvalue weighted by Crippen LogP contribution is -2.32. The number of anilines is 2. The van der Waals surface area contributed by atoms with E-state index in [4.69, 9.17) is 16.3 Å². The first-order valence-electron chi connectivity index (χ1n) is 9.71. The summed E-state index contributed by atoms with van der Waals surface area (Å²) in [6.07, 6.45) is -0.250. The van der Waals surface area contributed by atoms with Crippen LogP contribution >= 0.6 is 11.6 Å². The van der Waals surface area contributed by atoms with Crippen molar-refractivity contribution >= 4 is 51.5 Å². The van der Waals surface area contributed by atoms with E-state index in [1.54, 1.807) is 13.8 Å². The maximum atomic E-state index is 13.0. The predicted molar refractivity (Wildman–Crippen MR) is 120 cm³/mol. The Labute approximate surface area is 184 Å². The minimum Gasteiger partial charge on any atom is -0.459 e. The van der Waals surface area contributed by atoms with Crippen LogP contribution in [0.5, 0.6) is 0 Å². The third kappa shape index (κ3) is 3.90. The molecular weight excluding hydrogens is 416 g/mol. The highest BCUT2D eigenvalue weighted by atomic mass is 35.5. The second kappa shape index (κ2) is 8.24. The molecule has 1 aliphatic heterocycles. The number of rotatable bonds is 5. The predicted octanol–water partition coefficient (Wildman–Crippen LogP) is 4.84. The Morgan fingerprint density at radius 2 is 1.61 bits per heavy atom. The SMILES string of the molecule is CC(C)OC(=O)c1ccc(N2C(=O)C(Cl)=C(Nc3cccc4ccccc34)C2=O)cc1. The van der Waals surface area contributed by atoms with E-state index < -0.39 is 17.8 Å². The van der Waals surface area contributed by atoms with Gasteiger partial charge >= 0.3 is 5.97 Å². The number of hydrogen-bond donors (Lipinski definition) is 1. The summed E-state index contributed by atoms with van der Waals surface area (Å²) in [6.45, 7) is 3.51. The van der Waals surface area contributed by atoms with Gasteiger partial charge in [0.2, 0.25) is 0 Å². The second-order valence-electron chi connectivity index (χ2n) is 7.29. The molecule has 2 amide bonds. The normalized spacial score (nSPS) is 14.0. The summed E-state index contributed by atoms with van der Waals surface area (Å²) < 4.78 is 5.15. The number of fused-ring (bicyclic) bond motifs is 1. The molecule has 1 aliphatic rings. The van der Waals surface area contributed by atoms with Gasteiger partial charge in [-0.3, -0.25) is 9.59 Å². The molecular formula is C24H19ClN2O4. The van der Waals surface area contributed by atoms with E-state index in [2.05, 4.69) is 5.32 Å². The molecule has 0 aromatic heterocycles. The number of nitrogens with zero attached hydrogens (tertiary/aromatic N) is 1. The van der Waals surface area contributed by atoms with Gasteiger partial charge in [-0.25, -0.2) is 9.69 Å². The molecule has 3 aromatic carbocycles. The molecule has 0 fully saturated rings. The molecule has 1 N–H and O–H groups in total. The third-order valence-electron chi connectivity index (χ3n) is 4.78. The van der Waals surface area contributed by atoms with Gasteiger partial charge in [0.1, 0.15) is 10.7 Å². The molecule has 0 saturated carbocycles. The highest BCUT2D eigenvalue weighted by Gasteiger charge is 2.39. The molecule has 0 saturated heterocycles. The Balaban J connectivity index is 1.60. The van der Waals surface area contributed by atoms with E-state index in [0.29, 0.717) is 16.9 Å². The van der Waals surface area contributed by atoms with Crippen molar-refractivity contribution in [3.8, 4) is 0 Å². The van der Waals surface area contributed by atoms with Gasteiger partial charge in [-0.2, -0.15) is 0 Å². The number of halogens is 1. The van der Waals surface area contributed by atoms with Crippen LogP contribution in [0.25, 0.3) is 10.8 Å². The topological polar surface area (TPSA) is 75.7 Å². The fourth-order valence-electron chi connectivity index (χ4n) is 3.34. The van der Waals surface area contributed by atoms with Gasteiger partial charge in [-0.15, -0.1) is 0 Å². The number of benzene rings is 3. The van der Waals surface area contributed by atoms with E-state index in [0.717, 1.165) is 15.7 Å². The minimum atomic E-state index is -0.632. The van der Waals surface area contributed by atoms with Crippen LogP contribution in [0.2, 0.25) is 0 Å². The zero-order chi connectivity index (χ0) is 22.1. The molecule has 6 nitrogen and oxygen atoms in total. The largest absolute Gasteiger partial charge is 0.459 e. The molecule has 4 rings (SSSR count). The van der Waals surface area contributed by atoms with Gasteiger partial charge in [0.05, 0.1) is 17.4 Å². The lowest BCUT2D eigenvalue weighted by molar-refractivity contribution is -0.120. The molecule has 0 atom stereocenters. The van der Waals surface area contributed by atoms with Crippen molar-refractivity contribution in [1.82, 2.24) is 0 Å². The summed E-state index contributed by atoms with van der Waals surface area (Å²) in [5.41, 5.74) is 1.31. The molecule has 31 heavy (non-hydrogen) atoms. The second-order valence-corrected chi connectivity index (χ2v) is 7.67. The van der Waals surface area contributed by atoms with Gasteiger partial charge in [-0.05, 0) is 49.6 Å². The van der Waals surface area contributed by atoms with Gasteiger partial charge in [0, 0.05) is 11.1 Å². The Kier molecular flexibility index (Phi) is 5.48. The fraction of sp³-hybridized carbons (Fsp3) is 0.125. The third-order valence-corrected chi connectivity index (χ3v) is 5.13. The maximum absolute atomic E-state index is 13.0. The summed E-state index contributed by atoms with van der Waals surface area (Å²) in [4.78, 5) is 38.8. The van der Waals surface area contributed by atoms with Gasteiger partial charge in [-0.1, -0.05) is 48.0 Å². The number of imide groups is 1. The summed E-state index contributed by atoms with van der Waals surface area (Å²) >= 11 is 6.24. The number of amides is 2. The van der Waals surface area contributed by atoms with Crippen LogP contribution < -0.4 is 10.2 Å². The Morgan fingerprint density at radius 1 is 0.935 bits per heavy atom. The molecule has 0 unspecified atom stereocenters. The van der Waals surface area contributed by atoms with E-state index >= 15 is 0 Å². The van der Waals surface area contributed by atoms with Crippen LogP contribution in [-0.2, 0) is 14.3 Å². The number of hydrogen-bond acceptors (Lipinski definition) is 5. The monoisotopic (exact) mass is 434 g/mol. The van der Waals surface area contributed by atoms with E-state index in [-0.39, 0.29) is 16.8 Å². The molecule has 1 heterocycles. The zero-order valence-corrected chi connectivity index (χ0v) is 17.6. The molecule has 0 radical (unpaired) electrons. The van der Waals surface area contributed by atoms with Gasteiger partial charge in [0.25, 0.3) is 11.8 Å².